The number of aliphatic hydroxyl groups excluding tert-OH is 1. The minimum Gasteiger partial charge on any atom is -0.454 e. The van der Waals surface area contributed by atoms with Crippen LogP contribution in [0.5, 0.6) is 11.5 Å². The monoisotopic (exact) mass is 358 g/mol. The Morgan fingerprint density at radius 2 is 2.04 bits per heavy atom. The number of aromatic nitrogens is 3. The van der Waals surface area contributed by atoms with Crippen LogP contribution in [0.3, 0.4) is 0 Å². The molecular formula is C18H22N4O4. The van der Waals surface area contributed by atoms with Crippen molar-refractivity contribution in [2.45, 2.75) is 25.8 Å². The normalized spacial score (nSPS) is 16.9. The Balaban J connectivity index is 1.32. The molecule has 4 rings (SSSR count). The van der Waals surface area contributed by atoms with Gasteiger partial charge >= 0.3 is 0 Å². The Morgan fingerprint density at radius 1 is 1.23 bits per heavy atom. The molecule has 2 aliphatic heterocycles. The lowest BCUT2D eigenvalue weighted by Crippen LogP contribution is -2.39. The molecule has 1 fully saturated rings. The number of fused-ring (bicyclic) bond motifs is 1. The van der Waals surface area contributed by atoms with Gasteiger partial charge < -0.3 is 19.5 Å². The molecule has 1 aromatic carbocycles. The van der Waals surface area contributed by atoms with Crippen molar-refractivity contribution in [2.24, 2.45) is 5.92 Å². The summed E-state index contributed by atoms with van der Waals surface area (Å²) in [5.74, 6) is 1.83. The zero-order chi connectivity index (χ0) is 17.9. The van der Waals surface area contributed by atoms with E-state index < -0.39 is 0 Å². The van der Waals surface area contributed by atoms with Gasteiger partial charge in [0.25, 0.3) is 5.91 Å². The Hall–Kier alpha value is -2.61. The third-order valence-corrected chi connectivity index (χ3v) is 4.92. The van der Waals surface area contributed by atoms with E-state index in [0.717, 1.165) is 38.2 Å². The molecule has 138 valence electrons. The van der Waals surface area contributed by atoms with Gasteiger partial charge in [0.1, 0.15) is 0 Å². The molecule has 8 nitrogen and oxygen atoms in total. The number of piperidine rings is 1. The van der Waals surface area contributed by atoms with Crippen LogP contribution in [-0.2, 0) is 13.0 Å². The van der Waals surface area contributed by atoms with E-state index in [1.54, 1.807) is 18.2 Å². The van der Waals surface area contributed by atoms with Crippen molar-refractivity contribution < 1.29 is 19.4 Å². The van der Waals surface area contributed by atoms with Gasteiger partial charge in [0.15, 0.2) is 11.5 Å². The Morgan fingerprint density at radius 3 is 2.85 bits per heavy atom. The quantitative estimate of drug-likeness (QED) is 0.861. The van der Waals surface area contributed by atoms with Crippen molar-refractivity contribution in [3.05, 3.63) is 35.7 Å². The summed E-state index contributed by atoms with van der Waals surface area (Å²) in [6.45, 7) is 2.55. The predicted octanol–water partition coefficient (Wildman–Crippen LogP) is 1.09. The van der Waals surface area contributed by atoms with Crippen molar-refractivity contribution >= 4 is 5.91 Å². The van der Waals surface area contributed by atoms with Crippen LogP contribution in [0.25, 0.3) is 0 Å². The zero-order valence-electron chi connectivity index (χ0n) is 14.5. The number of likely N-dealkylation sites (tertiary alicyclic amines) is 1. The van der Waals surface area contributed by atoms with Crippen LogP contribution in [0.1, 0.15) is 28.9 Å². The fraction of sp³-hybridized carbons (Fsp3) is 0.500. The number of amides is 1. The van der Waals surface area contributed by atoms with Crippen LogP contribution < -0.4 is 9.47 Å². The number of aliphatic hydroxyl groups is 1. The molecule has 1 N–H and O–H groups in total. The predicted molar refractivity (Wildman–Crippen MR) is 92.0 cm³/mol. The summed E-state index contributed by atoms with van der Waals surface area (Å²) in [5, 5.41) is 17.1. The Kier molecular flexibility index (Phi) is 4.75. The highest BCUT2D eigenvalue weighted by Crippen LogP contribution is 2.33. The molecule has 1 saturated heterocycles. The summed E-state index contributed by atoms with van der Waals surface area (Å²) < 4.78 is 12.5. The molecule has 0 atom stereocenters. The van der Waals surface area contributed by atoms with Gasteiger partial charge in [-0.1, -0.05) is 5.21 Å². The second-order valence-corrected chi connectivity index (χ2v) is 6.71. The molecule has 1 aromatic heterocycles. The first-order valence-electron chi connectivity index (χ1n) is 8.92. The number of carbonyl (C=O) groups excluding carboxylic acids is 1. The first kappa shape index (κ1) is 16.8. The first-order chi connectivity index (χ1) is 12.7. The molecule has 0 unspecified atom stereocenters. The fourth-order valence-corrected chi connectivity index (χ4v) is 3.45. The molecule has 26 heavy (non-hydrogen) atoms. The van der Waals surface area contributed by atoms with E-state index in [0.29, 0.717) is 29.4 Å². The van der Waals surface area contributed by atoms with Crippen molar-refractivity contribution in [1.29, 1.82) is 0 Å². The largest absolute Gasteiger partial charge is 0.454 e. The van der Waals surface area contributed by atoms with Gasteiger partial charge in [0.05, 0.1) is 5.69 Å². The van der Waals surface area contributed by atoms with Crippen molar-refractivity contribution in [3.8, 4) is 11.5 Å². The second-order valence-electron chi connectivity index (χ2n) is 6.71. The summed E-state index contributed by atoms with van der Waals surface area (Å²) in [6.07, 6.45) is 4.29. The van der Waals surface area contributed by atoms with Gasteiger partial charge in [-0.05, 0) is 37.0 Å². The summed E-state index contributed by atoms with van der Waals surface area (Å²) in [6, 6.07) is 5.34. The number of ether oxygens (including phenoxy) is 2. The lowest BCUT2D eigenvalue weighted by atomic mass is 9.96. The topological polar surface area (TPSA) is 89.7 Å². The first-order valence-corrected chi connectivity index (χ1v) is 8.92. The molecule has 1 amide bonds. The molecule has 0 aliphatic carbocycles. The van der Waals surface area contributed by atoms with Gasteiger partial charge in [-0.2, -0.15) is 0 Å². The fourth-order valence-electron chi connectivity index (χ4n) is 3.45. The minimum atomic E-state index is 0.0349. The Labute approximate surface area is 151 Å². The smallest absolute Gasteiger partial charge is 0.253 e. The van der Waals surface area contributed by atoms with Crippen LogP contribution in [0.15, 0.2) is 24.4 Å². The third kappa shape index (κ3) is 3.50. The maximum atomic E-state index is 12.7. The number of hydrogen-bond donors (Lipinski definition) is 1. The lowest BCUT2D eigenvalue weighted by molar-refractivity contribution is 0.0680. The minimum absolute atomic E-state index is 0.0349. The van der Waals surface area contributed by atoms with E-state index in [-0.39, 0.29) is 19.3 Å². The molecular weight excluding hydrogens is 336 g/mol. The van der Waals surface area contributed by atoms with E-state index in [1.165, 1.54) is 0 Å². The van der Waals surface area contributed by atoms with Crippen LogP contribution in [0, 0.1) is 5.92 Å². The number of hydrogen-bond acceptors (Lipinski definition) is 6. The van der Waals surface area contributed by atoms with Crippen LogP contribution >= 0.6 is 0 Å². The van der Waals surface area contributed by atoms with E-state index in [9.17, 15) is 4.79 Å². The Bertz CT molecular complexity index is 783. The van der Waals surface area contributed by atoms with Crippen molar-refractivity contribution in [3.63, 3.8) is 0 Å². The molecule has 2 aliphatic rings. The van der Waals surface area contributed by atoms with E-state index >= 15 is 0 Å². The molecule has 0 saturated carbocycles. The average Bonchev–Trinajstić information content (AvgIpc) is 3.30. The van der Waals surface area contributed by atoms with Gasteiger partial charge in [0.2, 0.25) is 6.79 Å². The van der Waals surface area contributed by atoms with Crippen LogP contribution in [-0.4, -0.2) is 57.4 Å². The molecule has 0 radical (unpaired) electrons. The van der Waals surface area contributed by atoms with E-state index in [2.05, 4.69) is 10.3 Å². The summed E-state index contributed by atoms with van der Waals surface area (Å²) >= 11 is 0. The molecule has 0 spiro atoms. The van der Waals surface area contributed by atoms with Crippen LogP contribution in [0.2, 0.25) is 0 Å². The standard InChI is InChI=1S/C18H22N4O4/c23-8-5-15-11-22(20-19-15)10-13-3-6-21(7-4-13)18(24)14-1-2-16-17(9-14)26-12-25-16/h1-2,9,11,13,23H,3-8,10,12H2. The van der Waals surface area contributed by atoms with Crippen LogP contribution in [0.4, 0.5) is 0 Å². The molecule has 8 heteroatoms. The van der Waals surface area contributed by atoms with Gasteiger partial charge in [-0.25, -0.2) is 0 Å². The summed E-state index contributed by atoms with van der Waals surface area (Å²) in [7, 11) is 0. The zero-order valence-corrected chi connectivity index (χ0v) is 14.5. The summed E-state index contributed by atoms with van der Waals surface area (Å²) in [4.78, 5) is 14.6. The SMILES string of the molecule is O=C(c1ccc2c(c1)OCO2)N1CCC(Cn2cc(CCO)nn2)CC1. The van der Waals surface area contributed by atoms with Gasteiger partial charge in [-0.15, -0.1) is 5.10 Å². The van der Waals surface area contributed by atoms with Crippen molar-refractivity contribution in [1.82, 2.24) is 19.9 Å². The molecule has 2 aromatic rings. The molecule has 3 heterocycles. The highest BCUT2D eigenvalue weighted by atomic mass is 16.7. The maximum absolute atomic E-state index is 12.7. The number of rotatable bonds is 5. The van der Waals surface area contributed by atoms with Crippen molar-refractivity contribution in [2.75, 3.05) is 26.5 Å². The number of carbonyl (C=O) groups is 1. The van der Waals surface area contributed by atoms with E-state index in [4.69, 9.17) is 14.6 Å². The third-order valence-electron chi connectivity index (χ3n) is 4.92. The summed E-state index contributed by atoms with van der Waals surface area (Å²) in [5.41, 5.74) is 1.44. The highest BCUT2D eigenvalue weighted by Gasteiger charge is 2.25. The second kappa shape index (κ2) is 7.33. The van der Waals surface area contributed by atoms with Gasteiger partial charge in [0, 0.05) is 44.4 Å². The number of nitrogens with zero attached hydrogens (tertiary/aromatic N) is 4. The lowest BCUT2D eigenvalue weighted by Gasteiger charge is -2.32. The van der Waals surface area contributed by atoms with E-state index in [1.807, 2.05) is 15.8 Å². The highest BCUT2D eigenvalue weighted by molar-refractivity contribution is 5.95. The maximum Gasteiger partial charge on any atom is 0.253 e. The van der Waals surface area contributed by atoms with Gasteiger partial charge in [-0.3, -0.25) is 9.48 Å². The number of benzene rings is 1. The molecule has 0 bridgehead atoms. The average molecular weight is 358 g/mol.